The standard InChI is InChI=1S/C11H11FO2/c12-9-3-1-8(2-4-9)11-7-10(13)5-6-14-11/h1-6,10-11,13H,7H2. The van der Waals surface area contributed by atoms with Gasteiger partial charge in [-0.2, -0.15) is 0 Å². The molecule has 2 rings (SSSR count). The minimum Gasteiger partial charge on any atom is -0.493 e. The van der Waals surface area contributed by atoms with Gasteiger partial charge in [-0.1, -0.05) is 12.1 Å². The second-order valence-corrected chi connectivity index (χ2v) is 3.31. The predicted molar refractivity (Wildman–Crippen MR) is 50.0 cm³/mol. The van der Waals surface area contributed by atoms with Crippen LogP contribution in [0.25, 0.3) is 0 Å². The monoisotopic (exact) mass is 194 g/mol. The van der Waals surface area contributed by atoms with Gasteiger partial charge in [0.15, 0.2) is 0 Å². The lowest BCUT2D eigenvalue weighted by Gasteiger charge is -2.22. The van der Waals surface area contributed by atoms with Gasteiger partial charge in [0.25, 0.3) is 0 Å². The molecule has 0 bridgehead atoms. The number of hydrogen-bond acceptors (Lipinski definition) is 2. The first-order valence-electron chi connectivity index (χ1n) is 4.51. The van der Waals surface area contributed by atoms with E-state index < -0.39 is 6.10 Å². The highest BCUT2D eigenvalue weighted by Gasteiger charge is 2.18. The van der Waals surface area contributed by atoms with Crippen molar-refractivity contribution in [3.8, 4) is 0 Å². The highest BCUT2D eigenvalue weighted by atomic mass is 19.1. The van der Waals surface area contributed by atoms with Crippen molar-refractivity contribution in [2.45, 2.75) is 18.6 Å². The Kier molecular flexibility index (Phi) is 2.50. The van der Waals surface area contributed by atoms with E-state index in [0.717, 1.165) is 5.56 Å². The molecule has 0 radical (unpaired) electrons. The molecule has 1 aliphatic rings. The smallest absolute Gasteiger partial charge is 0.126 e. The molecule has 1 heterocycles. The van der Waals surface area contributed by atoms with Crippen molar-refractivity contribution in [1.82, 2.24) is 0 Å². The summed E-state index contributed by atoms with van der Waals surface area (Å²) in [6, 6.07) is 6.13. The molecule has 1 N–H and O–H groups in total. The maximum absolute atomic E-state index is 12.6. The van der Waals surface area contributed by atoms with Gasteiger partial charge in [0.2, 0.25) is 0 Å². The maximum atomic E-state index is 12.6. The predicted octanol–water partition coefficient (Wildman–Crippen LogP) is 2.16. The van der Waals surface area contributed by atoms with Crippen LogP contribution in [0.3, 0.4) is 0 Å². The number of benzene rings is 1. The zero-order valence-electron chi connectivity index (χ0n) is 7.56. The van der Waals surface area contributed by atoms with Crippen LogP contribution in [0.1, 0.15) is 18.1 Å². The van der Waals surface area contributed by atoms with Crippen molar-refractivity contribution in [3.63, 3.8) is 0 Å². The third-order valence-corrected chi connectivity index (χ3v) is 2.24. The molecule has 14 heavy (non-hydrogen) atoms. The Balaban J connectivity index is 2.15. The van der Waals surface area contributed by atoms with E-state index >= 15 is 0 Å². The fraction of sp³-hybridized carbons (Fsp3) is 0.273. The Morgan fingerprint density at radius 3 is 2.64 bits per heavy atom. The fourth-order valence-corrected chi connectivity index (χ4v) is 1.48. The SMILES string of the molecule is OC1C=COC(c2ccc(F)cc2)C1. The van der Waals surface area contributed by atoms with Crippen LogP contribution in [0.5, 0.6) is 0 Å². The van der Waals surface area contributed by atoms with E-state index in [1.807, 2.05) is 0 Å². The van der Waals surface area contributed by atoms with Gasteiger partial charge in [-0.05, 0) is 23.8 Å². The quantitative estimate of drug-likeness (QED) is 0.742. The van der Waals surface area contributed by atoms with Gasteiger partial charge in [-0.25, -0.2) is 4.39 Å². The molecular formula is C11H11FO2. The number of ether oxygens (including phenoxy) is 1. The molecule has 0 saturated carbocycles. The Hall–Kier alpha value is -1.35. The van der Waals surface area contributed by atoms with Crippen molar-refractivity contribution >= 4 is 0 Å². The lowest BCUT2D eigenvalue weighted by molar-refractivity contribution is 0.0641. The molecule has 2 nitrogen and oxygen atoms in total. The van der Waals surface area contributed by atoms with Crippen LogP contribution in [-0.4, -0.2) is 11.2 Å². The zero-order chi connectivity index (χ0) is 9.97. The molecule has 0 amide bonds. The largest absolute Gasteiger partial charge is 0.493 e. The maximum Gasteiger partial charge on any atom is 0.126 e. The average molecular weight is 194 g/mol. The Labute approximate surface area is 81.6 Å². The van der Waals surface area contributed by atoms with Crippen LogP contribution >= 0.6 is 0 Å². The molecule has 74 valence electrons. The van der Waals surface area contributed by atoms with Gasteiger partial charge < -0.3 is 9.84 Å². The highest BCUT2D eigenvalue weighted by Crippen LogP contribution is 2.26. The number of aliphatic hydroxyl groups excluding tert-OH is 1. The van der Waals surface area contributed by atoms with Crippen LogP contribution in [0.2, 0.25) is 0 Å². The van der Waals surface area contributed by atoms with E-state index in [4.69, 9.17) is 4.74 Å². The van der Waals surface area contributed by atoms with Gasteiger partial charge >= 0.3 is 0 Å². The molecule has 1 aliphatic heterocycles. The van der Waals surface area contributed by atoms with E-state index in [2.05, 4.69) is 0 Å². The Morgan fingerprint density at radius 1 is 1.29 bits per heavy atom. The third-order valence-electron chi connectivity index (χ3n) is 2.24. The van der Waals surface area contributed by atoms with Crippen LogP contribution in [0, 0.1) is 5.82 Å². The summed E-state index contributed by atoms with van der Waals surface area (Å²) in [5, 5.41) is 9.35. The minimum atomic E-state index is -0.473. The first-order chi connectivity index (χ1) is 6.75. The van der Waals surface area contributed by atoms with Crippen LogP contribution < -0.4 is 0 Å². The molecule has 2 atom stereocenters. The van der Waals surface area contributed by atoms with Gasteiger partial charge in [-0.3, -0.25) is 0 Å². The molecule has 3 heteroatoms. The summed E-state index contributed by atoms with van der Waals surface area (Å²) < 4.78 is 17.9. The second kappa shape index (κ2) is 3.80. The first-order valence-corrected chi connectivity index (χ1v) is 4.51. The third kappa shape index (κ3) is 1.93. The van der Waals surface area contributed by atoms with E-state index in [-0.39, 0.29) is 11.9 Å². The van der Waals surface area contributed by atoms with Gasteiger partial charge in [-0.15, -0.1) is 0 Å². The molecule has 0 fully saturated rings. The lowest BCUT2D eigenvalue weighted by atomic mass is 10.0. The van der Waals surface area contributed by atoms with E-state index in [1.54, 1.807) is 18.2 Å². The zero-order valence-corrected chi connectivity index (χ0v) is 7.56. The number of aliphatic hydroxyl groups is 1. The Morgan fingerprint density at radius 2 is 2.00 bits per heavy atom. The Bertz CT molecular complexity index is 332. The normalized spacial score (nSPS) is 25.9. The van der Waals surface area contributed by atoms with E-state index in [0.29, 0.717) is 6.42 Å². The number of hydrogen-bond donors (Lipinski definition) is 1. The van der Waals surface area contributed by atoms with Gasteiger partial charge in [0.05, 0.1) is 12.4 Å². The summed E-state index contributed by atoms with van der Waals surface area (Å²) in [5.41, 5.74) is 0.884. The molecule has 0 spiro atoms. The van der Waals surface area contributed by atoms with Crippen LogP contribution in [0.4, 0.5) is 4.39 Å². The summed E-state index contributed by atoms with van der Waals surface area (Å²) in [6.07, 6.45) is 2.96. The topological polar surface area (TPSA) is 29.5 Å². The molecule has 0 saturated heterocycles. The molecule has 2 unspecified atom stereocenters. The molecule has 1 aromatic carbocycles. The molecule has 0 aliphatic carbocycles. The van der Waals surface area contributed by atoms with Crippen molar-refractivity contribution < 1.29 is 14.2 Å². The van der Waals surface area contributed by atoms with Crippen molar-refractivity contribution in [1.29, 1.82) is 0 Å². The molecule has 1 aromatic rings. The van der Waals surface area contributed by atoms with Crippen molar-refractivity contribution in [2.24, 2.45) is 0 Å². The summed E-state index contributed by atoms with van der Waals surface area (Å²) in [7, 11) is 0. The van der Waals surface area contributed by atoms with E-state index in [9.17, 15) is 9.50 Å². The summed E-state index contributed by atoms with van der Waals surface area (Å²) in [6.45, 7) is 0. The fourth-order valence-electron chi connectivity index (χ4n) is 1.48. The van der Waals surface area contributed by atoms with Crippen LogP contribution in [0.15, 0.2) is 36.6 Å². The summed E-state index contributed by atoms with van der Waals surface area (Å²) >= 11 is 0. The van der Waals surface area contributed by atoms with Crippen molar-refractivity contribution in [3.05, 3.63) is 48.0 Å². The van der Waals surface area contributed by atoms with Gasteiger partial charge in [0, 0.05) is 6.42 Å². The lowest BCUT2D eigenvalue weighted by Crippen LogP contribution is -2.15. The average Bonchev–Trinajstić information content (AvgIpc) is 2.19. The summed E-state index contributed by atoms with van der Waals surface area (Å²) in [4.78, 5) is 0. The molecule has 0 aromatic heterocycles. The minimum absolute atomic E-state index is 0.171. The van der Waals surface area contributed by atoms with Crippen molar-refractivity contribution in [2.75, 3.05) is 0 Å². The molecular weight excluding hydrogens is 183 g/mol. The van der Waals surface area contributed by atoms with E-state index in [1.165, 1.54) is 18.4 Å². The number of halogens is 1. The van der Waals surface area contributed by atoms with Gasteiger partial charge in [0.1, 0.15) is 11.9 Å². The summed E-state index contributed by atoms with van der Waals surface area (Å²) in [5.74, 6) is -0.263. The number of rotatable bonds is 1. The second-order valence-electron chi connectivity index (χ2n) is 3.31. The van der Waals surface area contributed by atoms with Crippen LogP contribution in [-0.2, 0) is 4.74 Å². The highest BCUT2D eigenvalue weighted by molar-refractivity contribution is 5.20. The first kappa shape index (κ1) is 9.21.